The van der Waals surface area contributed by atoms with Crippen LogP contribution in [0.4, 0.5) is 4.79 Å². The van der Waals surface area contributed by atoms with Crippen molar-refractivity contribution < 1.29 is 19.4 Å². The Balaban J connectivity index is 2.49. The SMILES string of the molecule is COC(=O)N(C)CCC(O)c1ccc(OC)cc1. The molecule has 5 heteroatoms. The third-order valence-electron chi connectivity index (χ3n) is 2.72. The van der Waals surface area contributed by atoms with E-state index < -0.39 is 12.2 Å². The molecule has 0 saturated heterocycles. The van der Waals surface area contributed by atoms with E-state index in [0.29, 0.717) is 13.0 Å². The number of aliphatic hydroxyl groups is 1. The molecular weight excluding hydrogens is 234 g/mol. The number of carbonyl (C=O) groups is 1. The van der Waals surface area contributed by atoms with Crippen molar-refractivity contribution in [2.24, 2.45) is 0 Å². The number of benzene rings is 1. The molecule has 18 heavy (non-hydrogen) atoms. The number of hydrogen-bond acceptors (Lipinski definition) is 4. The number of nitrogens with zero attached hydrogens (tertiary/aromatic N) is 1. The lowest BCUT2D eigenvalue weighted by Crippen LogP contribution is -2.28. The summed E-state index contributed by atoms with van der Waals surface area (Å²) in [6.45, 7) is 0.430. The Kier molecular flexibility index (Phi) is 5.45. The first-order valence-corrected chi connectivity index (χ1v) is 5.69. The van der Waals surface area contributed by atoms with Gasteiger partial charge in [-0.15, -0.1) is 0 Å². The van der Waals surface area contributed by atoms with Crippen LogP contribution in [-0.4, -0.2) is 43.9 Å². The summed E-state index contributed by atoms with van der Waals surface area (Å²) in [6.07, 6.45) is -0.558. The second-order valence-electron chi connectivity index (χ2n) is 3.97. The molecule has 1 unspecified atom stereocenters. The Bertz CT molecular complexity index is 377. The van der Waals surface area contributed by atoms with Crippen LogP contribution in [0.3, 0.4) is 0 Å². The van der Waals surface area contributed by atoms with Crippen molar-refractivity contribution >= 4 is 6.09 Å². The topological polar surface area (TPSA) is 59.0 Å². The van der Waals surface area contributed by atoms with E-state index in [1.165, 1.54) is 12.0 Å². The van der Waals surface area contributed by atoms with Gasteiger partial charge in [0.05, 0.1) is 20.3 Å². The second kappa shape index (κ2) is 6.86. The fraction of sp³-hybridized carbons (Fsp3) is 0.462. The largest absolute Gasteiger partial charge is 0.497 e. The predicted molar refractivity (Wildman–Crippen MR) is 67.6 cm³/mol. The minimum atomic E-state index is -0.608. The normalized spacial score (nSPS) is 11.8. The maximum atomic E-state index is 11.1. The van der Waals surface area contributed by atoms with E-state index in [1.807, 2.05) is 12.1 Å². The molecule has 0 aliphatic rings. The van der Waals surface area contributed by atoms with Crippen molar-refractivity contribution in [3.63, 3.8) is 0 Å². The molecule has 1 rings (SSSR count). The van der Waals surface area contributed by atoms with Crippen LogP contribution >= 0.6 is 0 Å². The van der Waals surface area contributed by atoms with Gasteiger partial charge < -0.3 is 19.5 Å². The van der Waals surface area contributed by atoms with Gasteiger partial charge in [0.2, 0.25) is 0 Å². The predicted octanol–water partition coefficient (Wildman–Crippen LogP) is 1.82. The third kappa shape index (κ3) is 3.92. The summed E-state index contributed by atoms with van der Waals surface area (Å²) < 4.78 is 9.61. The second-order valence-corrected chi connectivity index (χ2v) is 3.97. The van der Waals surface area contributed by atoms with Gasteiger partial charge in [-0.2, -0.15) is 0 Å². The molecule has 1 amide bonds. The Morgan fingerprint density at radius 1 is 1.33 bits per heavy atom. The number of carbonyl (C=O) groups excluding carboxylic acids is 1. The molecule has 0 aliphatic carbocycles. The van der Waals surface area contributed by atoms with Gasteiger partial charge in [0.1, 0.15) is 5.75 Å². The number of ether oxygens (including phenoxy) is 2. The van der Waals surface area contributed by atoms with Crippen molar-refractivity contribution in [2.75, 3.05) is 27.8 Å². The molecule has 0 bridgehead atoms. The highest BCUT2D eigenvalue weighted by Crippen LogP contribution is 2.20. The van der Waals surface area contributed by atoms with E-state index in [9.17, 15) is 9.90 Å². The summed E-state index contributed by atoms with van der Waals surface area (Å²) in [5.74, 6) is 0.748. The number of amides is 1. The van der Waals surface area contributed by atoms with E-state index in [-0.39, 0.29) is 0 Å². The first kappa shape index (κ1) is 14.3. The molecular formula is C13H19NO4. The number of aliphatic hydroxyl groups excluding tert-OH is 1. The molecule has 0 fully saturated rings. The Morgan fingerprint density at radius 3 is 2.44 bits per heavy atom. The van der Waals surface area contributed by atoms with Crippen LogP contribution in [0.2, 0.25) is 0 Å². The first-order chi connectivity index (χ1) is 8.58. The minimum Gasteiger partial charge on any atom is -0.497 e. The molecule has 0 heterocycles. The fourth-order valence-electron chi connectivity index (χ4n) is 1.56. The molecule has 0 spiro atoms. The average molecular weight is 253 g/mol. The van der Waals surface area contributed by atoms with Crippen LogP contribution < -0.4 is 4.74 Å². The molecule has 0 aliphatic heterocycles. The lowest BCUT2D eigenvalue weighted by Gasteiger charge is -2.18. The fourth-order valence-corrected chi connectivity index (χ4v) is 1.56. The van der Waals surface area contributed by atoms with E-state index in [0.717, 1.165) is 11.3 Å². The van der Waals surface area contributed by atoms with Crippen molar-refractivity contribution in [3.8, 4) is 5.75 Å². The minimum absolute atomic E-state index is 0.406. The number of methoxy groups -OCH3 is 2. The van der Waals surface area contributed by atoms with E-state index in [4.69, 9.17) is 4.74 Å². The molecule has 0 saturated carbocycles. The van der Waals surface area contributed by atoms with Gasteiger partial charge in [0.25, 0.3) is 0 Å². The van der Waals surface area contributed by atoms with Gasteiger partial charge in [0.15, 0.2) is 0 Å². The zero-order valence-electron chi connectivity index (χ0n) is 10.9. The summed E-state index contributed by atoms with van der Waals surface area (Å²) in [7, 11) is 4.56. The van der Waals surface area contributed by atoms with E-state index in [1.54, 1.807) is 26.3 Å². The van der Waals surface area contributed by atoms with Crippen molar-refractivity contribution in [1.29, 1.82) is 0 Å². The van der Waals surface area contributed by atoms with E-state index in [2.05, 4.69) is 4.74 Å². The van der Waals surface area contributed by atoms with Crippen LogP contribution in [0.1, 0.15) is 18.1 Å². The molecule has 1 atom stereocenters. The molecule has 1 aromatic carbocycles. The Morgan fingerprint density at radius 2 is 1.94 bits per heavy atom. The average Bonchev–Trinajstić information content (AvgIpc) is 2.43. The van der Waals surface area contributed by atoms with Gasteiger partial charge in [-0.3, -0.25) is 0 Å². The first-order valence-electron chi connectivity index (χ1n) is 5.69. The highest BCUT2D eigenvalue weighted by atomic mass is 16.5. The van der Waals surface area contributed by atoms with Gasteiger partial charge in [-0.25, -0.2) is 4.79 Å². The van der Waals surface area contributed by atoms with Crippen LogP contribution in [-0.2, 0) is 4.74 Å². The quantitative estimate of drug-likeness (QED) is 0.869. The lowest BCUT2D eigenvalue weighted by atomic mass is 10.1. The summed E-state index contributed by atoms with van der Waals surface area (Å²) in [5, 5.41) is 9.97. The van der Waals surface area contributed by atoms with Crippen LogP contribution in [0, 0.1) is 0 Å². The van der Waals surface area contributed by atoms with Crippen LogP contribution in [0.15, 0.2) is 24.3 Å². The monoisotopic (exact) mass is 253 g/mol. The summed E-state index contributed by atoms with van der Waals surface area (Å²) in [5.41, 5.74) is 0.800. The Hall–Kier alpha value is -1.75. The molecule has 5 nitrogen and oxygen atoms in total. The van der Waals surface area contributed by atoms with E-state index >= 15 is 0 Å². The summed E-state index contributed by atoms with van der Waals surface area (Å²) >= 11 is 0. The zero-order valence-corrected chi connectivity index (χ0v) is 10.9. The lowest BCUT2D eigenvalue weighted by molar-refractivity contribution is 0.117. The molecule has 0 aromatic heterocycles. The highest BCUT2D eigenvalue weighted by Gasteiger charge is 2.12. The molecule has 1 N–H and O–H groups in total. The summed E-state index contributed by atoms with van der Waals surface area (Å²) in [6, 6.07) is 7.20. The van der Waals surface area contributed by atoms with Crippen molar-refractivity contribution in [1.82, 2.24) is 4.90 Å². The number of hydrogen-bond donors (Lipinski definition) is 1. The molecule has 0 radical (unpaired) electrons. The van der Waals surface area contributed by atoms with Crippen LogP contribution in [0.25, 0.3) is 0 Å². The smallest absolute Gasteiger partial charge is 0.409 e. The molecule has 100 valence electrons. The summed E-state index contributed by atoms with van der Waals surface area (Å²) in [4.78, 5) is 12.6. The van der Waals surface area contributed by atoms with Gasteiger partial charge >= 0.3 is 6.09 Å². The van der Waals surface area contributed by atoms with Gasteiger partial charge in [0, 0.05) is 13.6 Å². The van der Waals surface area contributed by atoms with Crippen molar-refractivity contribution in [3.05, 3.63) is 29.8 Å². The van der Waals surface area contributed by atoms with Crippen molar-refractivity contribution in [2.45, 2.75) is 12.5 Å². The standard InChI is InChI=1S/C13H19NO4/c1-14(13(16)18-3)9-8-12(15)10-4-6-11(17-2)7-5-10/h4-7,12,15H,8-9H2,1-3H3. The third-order valence-corrected chi connectivity index (χ3v) is 2.72. The zero-order chi connectivity index (χ0) is 13.5. The maximum Gasteiger partial charge on any atom is 0.409 e. The Labute approximate surface area is 107 Å². The molecule has 1 aromatic rings. The highest BCUT2D eigenvalue weighted by molar-refractivity contribution is 5.66. The maximum absolute atomic E-state index is 11.1. The van der Waals surface area contributed by atoms with Gasteiger partial charge in [-0.05, 0) is 24.1 Å². The van der Waals surface area contributed by atoms with Gasteiger partial charge in [-0.1, -0.05) is 12.1 Å². The van der Waals surface area contributed by atoms with Crippen LogP contribution in [0.5, 0.6) is 5.75 Å². The number of rotatable bonds is 5.